The van der Waals surface area contributed by atoms with Crippen LogP contribution in [0.2, 0.25) is 0 Å². The van der Waals surface area contributed by atoms with E-state index in [-0.39, 0.29) is 11.5 Å². The largest absolute Gasteiger partial charge is 0.381 e. The Morgan fingerprint density at radius 1 is 1.33 bits per heavy atom. The molecule has 0 aromatic rings. The van der Waals surface area contributed by atoms with E-state index in [0.717, 1.165) is 12.8 Å². The fraction of sp³-hybridized carbons (Fsp3) is 0.923. The number of carbonyl (C=O) groups excluding carboxylic acids is 1. The number of rotatable bonds is 10. The maximum absolute atomic E-state index is 11.6. The van der Waals surface area contributed by atoms with Gasteiger partial charge in [-0.3, -0.25) is 4.79 Å². The number of hydrogen-bond donors (Lipinski definition) is 1. The van der Waals surface area contributed by atoms with Gasteiger partial charge in [-0.25, -0.2) is 0 Å². The summed E-state index contributed by atoms with van der Waals surface area (Å²) in [6.45, 7) is 6.43. The Bertz CT molecular complexity index is 232. The first-order valence-corrected chi connectivity index (χ1v) is 6.50. The fourth-order valence-corrected chi connectivity index (χ4v) is 1.33. The minimum atomic E-state index is -0.165. The van der Waals surface area contributed by atoms with Crippen molar-refractivity contribution in [1.82, 2.24) is 4.90 Å². The van der Waals surface area contributed by atoms with Gasteiger partial charge in [-0.2, -0.15) is 0 Å². The van der Waals surface area contributed by atoms with E-state index in [4.69, 9.17) is 15.2 Å². The molecule has 1 amide bonds. The highest BCUT2D eigenvalue weighted by Crippen LogP contribution is 2.12. The van der Waals surface area contributed by atoms with Gasteiger partial charge in [-0.1, -0.05) is 0 Å². The number of amides is 1. The first-order chi connectivity index (χ1) is 8.43. The molecule has 5 nitrogen and oxygen atoms in total. The van der Waals surface area contributed by atoms with Crippen LogP contribution in [-0.2, 0) is 14.3 Å². The Balaban J connectivity index is 3.57. The van der Waals surface area contributed by atoms with Crippen molar-refractivity contribution in [1.29, 1.82) is 0 Å². The van der Waals surface area contributed by atoms with Crippen LogP contribution in [0.1, 0.15) is 33.1 Å². The van der Waals surface area contributed by atoms with Crippen LogP contribution in [0.25, 0.3) is 0 Å². The number of nitrogens with zero attached hydrogens (tertiary/aromatic N) is 1. The highest BCUT2D eigenvalue weighted by Gasteiger charge is 2.15. The molecule has 0 heterocycles. The Labute approximate surface area is 111 Å². The summed E-state index contributed by atoms with van der Waals surface area (Å²) < 4.78 is 10.7. The third-order valence-corrected chi connectivity index (χ3v) is 2.98. The van der Waals surface area contributed by atoms with Crippen molar-refractivity contribution in [3.63, 3.8) is 0 Å². The molecule has 0 aromatic heterocycles. The molecule has 108 valence electrons. The zero-order chi connectivity index (χ0) is 14.0. The lowest BCUT2D eigenvalue weighted by Crippen LogP contribution is -2.30. The quantitative estimate of drug-likeness (QED) is 0.596. The van der Waals surface area contributed by atoms with Crippen molar-refractivity contribution in [3.05, 3.63) is 0 Å². The highest BCUT2D eigenvalue weighted by atomic mass is 16.5. The van der Waals surface area contributed by atoms with Crippen molar-refractivity contribution >= 4 is 5.91 Å². The molecule has 0 rings (SSSR count). The van der Waals surface area contributed by atoms with Gasteiger partial charge in [0.1, 0.15) is 0 Å². The second-order valence-electron chi connectivity index (χ2n) is 5.03. The molecule has 18 heavy (non-hydrogen) atoms. The SMILES string of the molecule is COC(C)(C)CCOCCC(=O)N(C)CCCN. The Kier molecular flexibility index (Phi) is 8.97. The zero-order valence-electron chi connectivity index (χ0n) is 12.2. The Hall–Kier alpha value is -0.650. The molecule has 5 heteroatoms. The van der Waals surface area contributed by atoms with Crippen molar-refractivity contribution in [2.24, 2.45) is 5.73 Å². The van der Waals surface area contributed by atoms with Crippen molar-refractivity contribution in [3.8, 4) is 0 Å². The summed E-state index contributed by atoms with van der Waals surface area (Å²) in [5.41, 5.74) is 5.23. The minimum absolute atomic E-state index is 0.106. The normalized spacial score (nSPS) is 11.6. The van der Waals surface area contributed by atoms with Crippen LogP contribution in [0.4, 0.5) is 0 Å². The predicted octanol–water partition coefficient (Wildman–Crippen LogP) is 1.02. The number of ether oxygens (including phenoxy) is 2. The van der Waals surface area contributed by atoms with Gasteiger partial charge in [-0.05, 0) is 33.2 Å². The third-order valence-electron chi connectivity index (χ3n) is 2.98. The molecule has 0 aliphatic rings. The van der Waals surface area contributed by atoms with Crippen molar-refractivity contribution < 1.29 is 14.3 Å². The second-order valence-corrected chi connectivity index (χ2v) is 5.03. The molecule has 0 aromatic carbocycles. The molecule has 0 fully saturated rings. The van der Waals surface area contributed by atoms with Gasteiger partial charge in [0.25, 0.3) is 0 Å². The monoisotopic (exact) mass is 260 g/mol. The molecule has 0 atom stereocenters. The number of methoxy groups -OCH3 is 1. The molecular weight excluding hydrogens is 232 g/mol. The third kappa shape index (κ3) is 8.44. The van der Waals surface area contributed by atoms with E-state index in [9.17, 15) is 4.79 Å². The maximum Gasteiger partial charge on any atom is 0.224 e. The summed E-state index contributed by atoms with van der Waals surface area (Å²) in [5.74, 6) is 0.106. The van der Waals surface area contributed by atoms with E-state index < -0.39 is 0 Å². The second kappa shape index (κ2) is 9.30. The van der Waals surface area contributed by atoms with E-state index >= 15 is 0 Å². The molecule has 0 saturated carbocycles. The van der Waals surface area contributed by atoms with Gasteiger partial charge >= 0.3 is 0 Å². The molecule has 0 aliphatic carbocycles. The molecule has 0 spiro atoms. The average Bonchev–Trinajstić information content (AvgIpc) is 2.35. The summed E-state index contributed by atoms with van der Waals surface area (Å²) in [6.07, 6.45) is 2.08. The van der Waals surface area contributed by atoms with Crippen LogP contribution >= 0.6 is 0 Å². The maximum atomic E-state index is 11.6. The van der Waals surface area contributed by atoms with Crippen LogP contribution < -0.4 is 5.73 Å². The first kappa shape index (κ1) is 17.4. The van der Waals surface area contributed by atoms with E-state index in [2.05, 4.69) is 0 Å². The first-order valence-electron chi connectivity index (χ1n) is 6.50. The van der Waals surface area contributed by atoms with E-state index in [1.807, 2.05) is 13.8 Å². The highest BCUT2D eigenvalue weighted by molar-refractivity contribution is 5.75. The number of nitrogens with two attached hydrogens (primary N) is 1. The Morgan fingerprint density at radius 3 is 2.56 bits per heavy atom. The molecule has 0 saturated heterocycles. The lowest BCUT2D eigenvalue weighted by molar-refractivity contribution is -0.131. The smallest absolute Gasteiger partial charge is 0.224 e. The van der Waals surface area contributed by atoms with Crippen LogP contribution in [-0.4, -0.2) is 56.9 Å². The Morgan fingerprint density at radius 2 is 2.00 bits per heavy atom. The van der Waals surface area contributed by atoms with Gasteiger partial charge in [0.15, 0.2) is 0 Å². The van der Waals surface area contributed by atoms with Gasteiger partial charge in [0, 0.05) is 27.3 Å². The van der Waals surface area contributed by atoms with Crippen molar-refractivity contribution in [2.75, 3.05) is 40.5 Å². The van der Waals surface area contributed by atoms with Crippen LogP contribution in [0, 0.1) is 0 Å². The van der Waals surface area contributed by atoms with Gasteiger partial charge in [-0.15, -0.1) is 0 Å². The van der Waals surface area contributed by atoms with Crippen LogP contribution in [0.5, 0.6) is 0 Å². The predicted molar refractivity (Wildman–Crippen MR) is 72.4 cm³/mol. The average molecular weight is 260 g/mol. The van der Waals surface area contributed by atoms with Crippen LogP contribution in [0.3, 0.4) is 0 Å². The van der Waals surface area contributed by atoms with Gasteiger partial charge in [0.2, 0.25) is 5.91 Å². The molecule has 2 N–H and O–H groups in total. The summed E-state index contributed by atoms with van der Waals surface area (Å²) in [7, 11) is 3.49. The standard InChI is InChI=1S/C13H28N2O3/c1-13(2,17-4)7-11-18-10-6-12(16)15(3)9-5-8-14/h5-11,14H2,1-4H3. The summed E-state index contributed by atoms with van der Waals surface area (Å²) in [5, 5.41) is 0. The molecular formula is C13H28N2O3. The minimum Gasteiger partial charge on any atom is -0.381 e. The van der Waals surface area contributed by atoms with E-state index in [1.165, 1.54) is 0 Å². The van der Waals surface area contributed by atoms with E-state index in [1.54, 1.807) is 19.1 Å². The summed E-state index contributed by atoms with van der Waals surface area (Å²) in [4.78, 5) is 13.3. The summed E-state index contributed by atoms with van der Waals surface area (Å²) >= 11 is 0. The van der Waals surface area contributed by atoms with Gasteiger partial charge in [0.05, 0.1) is 18.6 Å². The molecule has 0 unspecified atom stereocenters. The van der Waals surface area contributed by atoms with E-state index in [0.29, 0.717) is 32.7 Å². The lowest BCUT2D eigenvalue weighted by Gasteiger charge is -2.22. The van der Waals surface area contributed by atoms with Crippen LogP contribution in [0.15, 0.2) is 0 Å². The fourth-order valence-electron chi connectivity index (χ4n) is 1.33. The number of carbonyl (C=O) groups is 1. The number of hydrogen-bond acceptors (Lipinski definition) is 4. The lowest BCUT2D eigenvalue weighted by atomic mass is 10.1. The topological polar surface area (TPSA) is 64.8 Å². The molecule has 0 aliphatic heterocycles. The van der Waals surface area contributed by atoms with Crippen molar-refractivity contribution in [2.45, 2.75) is 38.7 Å². The summed E-state index contributed by atoms with van der Waals surface area (Å²) in [6, 6.07) is 0. The zero-order valence-corrected chi connectivity index (χ0v) is 12.2. The molecule has 0 radical (unpaired) electrons. The molecule has 0 bridgehead atoms. The van der Waals surface area contributed by atoms with Gasteiger partial charge < -0.3 is 20.1 Å².